The zero-order valence-corrected chi connectivity index (χ0v) is 26.9. The van der Waals surface area contributed by atoms with Crippen LogP contribution in [-0.2, 0) is 9.59 Å². The fraction of sp³-hybridized carbons (Fsp3) is 0.938. The molecule has 0 aromatic rings. The number of carbonyl (C=O) groups excluding carboxylic acids is 2. The van der Waals surface area contributed by atoms with Crippen LogP contribution >= 0.6 is 0 Å². The van der Waals surface area contributed by atoms with Crippen LogP contribution in [0.3, 0.4) is 0 Å². The van der Waals surface area contributed by atoms with Crippen molar-refractivity contribution in [1.29, 1.82) is 0 Å². The Balaban J connectivity index is -0.000000963. The highest BCUT2D eigenvalue weighted by atomic mass is 16.2. The first-order valence-corrected chi connectivity index (χ1v) is 16.0. The van der Waals surface area contributed by atoms with E-state index >= 15 is 0 Å². The predicted octanol–water partition coefficient (Wildman–Crippen LogP) is 11.2. The van der Waals surface area contributed by atoms with E-state index in [1.165, 1.54) is 141 Å². The van der Waals surface area contributed by atoms with Gasteiger partial charge in [-0.05, 0) is 12.8 Å². The first-order chi connectivity index (χ1) is 17.2. The van der Waals surface area contributed by atoms with E-state index in [1.54, 1.807) is 0 Å². The number of hydrogen-bond donors (Lipinski definition) is 5. The molecule has 240 valence electrons. The Morgan fingerprint density at radius 2 is 0.513 bits per heavy atom. The van der Waals surface area contributed by atoms with Crippen LogP contribution in [0.15, 0.2) is 0 Å². The van der Waals surface area contributed by atoms with Crippen molar-refractivity contribution in [3.8, 4) is 0 Å². The molecule has 0 fully saturated rings. The van der Waals surface area contributed by atoms with E-state index < -0.39 is 0 Å². The van der Waals surface area contributed by atoms with Gasteiger partial charge in [0.2, 0.25) is 11.8 Å². The van der Waals surface area contributed by atoms with Crippen molar-refractivity contribution in [3.63, 3.8) is 0 Å². The molecule has 0 saturated carbocycles. The predicted molar refractivity (Wildman–Crippen MR) is 174 cm³/mol. The number of amides is 2. The molecule has 0 unspecified atom stereocenters. The number of hydrogen-bond acceptors (Lipinski definition) is 6. The minimum absolute atomic E-state index is 0. The van der Waals surface area contributed by atoms with Gasteiger partial charge in [-0.25, -0.2) is 0 Å². The van der Waals surface area contributed by atoms with Crippen LogP contribution < -0.4 is 29.9 Å². The monoisotopic (exact) mass is 562 g/mol. The maximum Gasteiger partial charge on any atom is 0.226 e. The summed E-state index contributed by atoms with van der Waals surface area (Å²) in [4.78, 5) is 23.9. The molecule has 0 aliphatic carbocycles. The Kier molecular flexibility index (Phi) is 50.8. The quantitative estimate of drug-likeness (QED) is 0.0590. The summed E-state index contributed by atoms with van der Waals surface area (Å²) in [6, 6.07) is 0. The summed E-state index contributed by atoms with van der Waals surface area (Å²) in [7, 11) is 0. The van der Waals surface area contributed by atoms with Crippen molar-refractivity contribution in [1.82, 2.24) is 29.9 Å². The number of carbonyl (C=O) groups is 2. The van der Waals surface area contributed by atoms with Crippen molar-refractivity contribution in [2.24, 2.45) is 0 Å². The average molecular weight is 562 g/mol. The summed E-state index contributed by atoms with van der Waals surface area (Å²) in [5, 5.41) is 2.59. The normalized spacial score (nSPS) is 10.0. The molecule has 0 aliphatic rings. The van der Waals surface area contributed by atoms with Crippen molar-refractivity contribution in [3.05, 3.63) is 0 Å². The smallest absolute Gasteiger partial charge is 0.226 e. The van der Waals surface area contributed by atoms with Gasteiger partial charge in [-0.3, -0.25) is 14.9 Å². The van der Waals surface area contributed by atoms with E-state index in [0.717, 1.165) is 25.7 Å². The zero-order chi connectivity index (χ0) is 25.7. The summed E-state index contributed by atoms with van der Waals surface area (Å²) < 4.78 is 0. The van der Waals surface area contributed by atoms with Crippen LogP contribution in [0.2, 0.25) is 0 Å². The molecule has 0 spiro atoms. The fourth-order valence-electron chi connectivity index (χ4n) is 4.89. The first-order valence-electron chi connectivity index (χ1n) is 16.0. The highest BCUT2D eigenvalue weighted by molar-refractivity contribution is 5.95. The van der Waals surface area contributed by atoms with Gasteiger partial charge < -0.3 is 24.6 Å². The summed E-state index contributed by atoms with van der Waals surface area (Å²) in [5.41, 5.74) is 0. The van der Waals surface area contributed by atoms with E-state index in [4.69, 9.17) is 0 Å². The van der Waals surface area contributed by atoms with E-state index in [1.807, 2.05) is 0 Å². The van der Waals surface area contributed by atoms with Crippen molar-refractivity contribution in [2.45, 2.75) is 194 Å². The molecule has 7 nitrogen and oxygen atoms in total. The summed E-state index contributed by atoms with van der Waals surface area (Å²) in [5.74, 6) is -0.152. The van der Waals surface area contributed by atoms with Gasteiger partial charge in [0.1, 0.15) is 0 Å². The third kappa shape index (κ3) is 41.6. The number of nitrogens with one attached hydrogen (secondary N) is 1. The lowest BCUT2D eigenvalue weighted by molar-refractivity contribution is -0.130. The fourth-order valence-corrected chi connectivity index (χ4v) is 4.89. The lowest BCUT2D eigenvalue weighted by atomic mass is 10.0. The third-order valence-electron chi connectivity index (χ3n) is 7.29. The van der Waals surface area contributed by atoms with Crippen LogP contribution in [-0.4, -0.2) is 11.8 Å². The Hall–Kier alpha value is -1.02. The second-order valence-corrected chi connectivity index (χ2v) is 11.0. The van der Waals surface area contributed by atoms with Gasteiger partial charge in [0, 0.05) is 12.8 Å². The largest absolute Gasteiger partial charge is 0.344 e. The summed E-state index contributed by atoms with van der Waals surface area (Å²) >= 11 is 0. The van der Waals surface area contributed by atoms with Gasteiger partial charge in [0.25, 0.3) is 0 Å². The molecule has 0 heterocycles. The maximum absolute atomic E-state index is 12.0. The molecule has 39 heavy (non-hydrogen) atoms. The number of rotatable bonds is 28. The minimum atomic E-state index is -0.0761. The van der Waals surface area contributed by atoms with Gasteiger partial charge in [-0.2, -0.15) is 0 Å². The highest BCUT2D eigenvalue weighted by Crippen LogP contribution is 2.14. The Bertz CT molecular complexity index is 424. The molecule has 13 N–H and O–H groups in total. The molecule has 0 aliphatic heterocycles. The molecule has 0 radical (unpaired) electrons. The minimum Gasteiger partial charge on any atom is -0.344 e. The summed E-state index contributed by atoms with van der Waals surface area (Å²) in [6.45, 7) is 4.54. The maximum atomic E-state index is 12.0. The highest BCUT2D eigenvalue weighted by Gasteiger charge is 2.07. The Morgan fingerprint density at radius 3 is 0.718 bits per heavy atom. The molecule has 7 heteroatoms. The topological polar surface area (TPSA) is 186 Å². The molecule has 0 rings (SSSR count). The van der Waals surface area contributed by atoms with E-state index in [-0.39, 0.29) is 36.4 Å². The van der Waals surface area contributed by atoms with Crippen molar-refractivity contribution >= 4 is 11.8 Å². The lowest BCUT2D eigenvalue weighted by Crippen LogP contribution is -2.29. The molecule has 0 bridgehead atoms. The Labute approximate surface area is 244 Å². The lowest BCUT2D eigenvalue weighted by Gasteiger charge is -2.05. The molecule has 2 amide bonds. The standard InChI is InChI=1S/C32H63NO2.4H3N/c1-3-5-7-9-11-13-15-17-19-21-23-25-27-29-31(34)33-32(35)30-28-26-24-22-20-18-16-14-12-10-8-6-4-2;;;;/h3-30H2,1-2H3,(H,33,34,35);4*1H3. The molecule has 0 aromatic carbocycles. The molecule has 0 saturated heterocycles. The second-order valence-electron chi connectivity index (χ2n) is 11.0. The van der Waals surface area contributed by atoms with Crippen molar-refractivity contribution in [2.75, 3.05) is 0 Å². The van der Waals surface area contributed by atoms with Gasteiger partial charge >= 0.3 is 0 Å². The van der Waals surface area contributed by atoms with E-state index in [2.05, 4.69) is 19.2 Å². The van der Waals surface area contributed by atoms with Crippen molar-refractivity contribution < 1.29 is 9.59 Å². The number of unbranched alkanes of at least 4 members (excludes halogenated alkanes) is 24. The summed E-state index contributed by atoms with van der Waals surface area (Å²) in [6.07, 6.45) is 34.9. The Morgan fingerprint density at radius 1 is 0.333 bits per heavy atom. The molecular formula is C32H75N5O2. The molecule has 0 aromatic heterocycles. The van der Waals surface area contributed by atoms with Crippen LogP contribution in [0.1, 0.15) is 194 Å². The van der Waals surface area contributed by atoms with E-state index in [9.17, 15) is 9.59 Å². The van der Waals surface area contributed by atoms with Crippen LogP contribution in [0.25, 0.3) is 0 Å². The van der Waals surface area contributed by atoms with Gasteiger partial charge in [0.05, 0.1) is 0 Å². The third-order valence-corrected chi connectivity index (χ3v) is 7.29. The van der Waals surface area contributed by atoms with E-state index in [0.29, 0.717) is 12.8 Å². The van der Waals surface area contributed by atoms with Crippen LogP contribution in [0.5, 0.6) is 0 Å². The number of imide groups is 1. The first kappa shape index (κ1) is 47.8. The van der Waals surface area contributed by atoms with Crippen LogP contribution in [0.4, 0.5) is 0 Å². The second kappa shape index (κ2) is 41.5. The van der Waals surface area contributed by atoms with Gasteiger partial charge in [0.15, 0.2) is 0 Å². The van der Waals surface area contributed by atoms with Gasteiger partial charge in [-0.1, -0.05) is 168 Å². The van der Waals surface area contributed by atoms with Gasteiger partial charge in [-0.15, -0.1) is 0 Å². The zero-order valence-electron chi connectivity index (χ0n) is 26.9. The molecule has 0 atom stereocenters. The van der Waals surface area contributed by atoms with Crippen LogP contribution in [0, 0.1) is 0 Å². The average Bonchev–Trinajstić information content (AvgIpc) is 2.85. The molecular weight excluding hydrogens is 486 g/mol. The SMILES string of the molecule is CCCCCCCCCCCCCCCC(=O)NC(=O)CCCCCCCCCCCCCCC.N.N.N.N.